The van der Waals surface area contributed by atoms with E-state index < -0.39 is 0 Å². The fraction of sp³-hybridized carbons (Fsp3) is 0.455. The molecular weight excluding hydrogens is 230 g/mol. The predicted molar refractivity (Wildman–Crippen MR) is 68.2 cm³/mol. The lowest BCUT2D eigenvalue weighted by Crippen LogP contribution is -2.13. The van der Waals surface area contributed by atoms with Gasteiger partial charge in [0.25, 0.3) is 0 Å². The molecule has 7 nitrogen and oxygen atoms in total. The minimum Gasteiger partial charge on any atom is -0.368 e. The van der Waals surface area contributed by atoms with Gasteiger partial charge in [-0.3, -0.25) is 4.57 Å². The van der Waals surface area contributed by atoms with Gasteiger partial charge in [0.2, 0.25) is 11.9 Å². The normalized spacial score (nSPS) is 10.8. The van der Waals surface area contributed by atoms with Crippen LogP contribution in [0.15, 0.2) is 6.20 Å². The number of anilines is 1. The van der Waals surface area contributed by atoms with E-state index in [0.29, 0.717) is 24.7 Å². The summed E-state index contributed by atoms with van der Waals surface area (Å²) in [4.78, 5) is 17.0. The molecule has 0 aliphatic carbocycles. The lowest BCUT2D eigenvalue weighted by atomic mass is 10.4. The van der Waals surface area contributed by atoms with Crippen LogP contribution in [-0.4, -0.2) is 31.0 Å². The number of nitrogens with zero attached hydrogens (tertiary/aromatic N) is 5. The van der Waals surface area contributed by atoms with Crippen LogP contribution in [0.2, 0.25) is 0 Å². The van der Waals surface area contributed by atoms with Crippen molar-refractivity contribution < 1.29 is 0 Å². The average molecular weight is 247 g/mol. The molecule has 0 unspecified atom stereocenters. The summed E-state index contributed by atoms with van der Waals surface area (Å²) in [5.74, 6) is 2.21. The topological polar surface area (TPSA) is 109 Å². The summed E-state index contributed by atoms with van der Waals surface area (Å²) in [6, 6.07) is 0. The van der Waals surface area contributed by atoms with E-state index in [1.54, 1.807) is 0 Å². The molecule has 0 aliphatic heterocycles. The van der Waals surface area contributed by atoms with Crippen molar-refractivity contribution in [1.82, 2.24) is 24.5 Å². The zero-order chi connectivity index (χ0) is 13.1. The maximum atomic E-state index is 5.69. The number of hydrogen-bond donors (Lipinski definition) is 2. The van der Waals surface area contributed by atoms with Crippen molar-refractivity contribution in [1.29, 1.82) is 0 Å². The van der Waals surface area contributed by atoms with Crippen LogP contribution >= 0.6 is 0 Å². The number of nitrogen functional groups attached to an aromatic ring is 1. The molecule has 0 bridgehead atoms. The van der Waals surface area contributed by atoms with E-state index in [1.165, 1.54) is 0 Å². The quantitative estimate of drug-likeness (QED) is 0.788. The van der Waals surface area contributed by atoms with Crippen LogP contribution in [-0.2, 0) is 12.8 Å². The minimum atomic E-state index is 0.205. The Morgan fingerprint density at radius 3 is 2.67 bits per heavy atom. The number of imidazole rings is 1. The Balaban J connectivity index is 2.48. The Hall–Kier alpha value is -2.02. The summed E-state index contributed by atoms with van der Waals surface area (Å²) < 4.78 is 1.84. The summed E-state index contributed by atoms with van der Waals surface area (Å²) in [5, 5.41) is 0. The molecule has 0 atom stereocenters. The van der Waals surface area contributed by atoms with Crippen molar-refractivity contribution in [2.45, 2.75) is 26.7 Å². The van der Waals surface area contributed by atoms with Crippen LogP contribution in [0.1, 0.15) is 24.3 Å². The Morgan fingerprint density at radius 2 is 2.00 bits per heavy atom. The largest absolute Gasteiger partial charge is 0.368 e. The smallest absolute Gasteiger partial charge is 0.240 e. The molecule has 2 aromatic rings. The molecule has 0 fully saturated rings. The first kappa shape index (κ1) is 12.4. The van der Waals surface area contributed by atoms with Crippen molar-refractivity contribution in [2.24, 2.45) is 5.73 Å². The van der Waals surface area contributed by atoms with Crippen molar-refractivity contribution in [3.63, 3.8) is 0 Å². The number of hydrogen-bond acceptors (Lipinski definition) is 6. The Morgan fingerprint density at radius 1 is 1.22 bits per heavy atom. The average Bonchev–Trinajstić information content (AvgIpc) is 2.70. The molecule has 7 heteroatoms. The van der Waals surface area contributed by atoms with E-state index in [4.69, 9.17) is 11.5 Å². The molecular formula is C11H17N7. The number of aromatic nitrogens is 5. The zero-order valence-electron chi connectivity index (χ0n) is 10.6. The third-order valence-corrected chi connectivity index (χ3v) is 2.49. The van der Waals surface area contributed by atoms with Gasteiger partial charge in [-0.1, -0.05) is 6.92 Å². The van der Waals surface area contributed by atoms with Crippen molar-refractivity contribution >= 4 is 5.95 Å². The molecule has 0 amide bonds. The molecule has 2 aromatic heterocycles. The Kier molecular flexibility index (Phi) is 3.52. The number of aryl methyl sites for hydroxylation is 2. The molecule has 0 saturated heterocycles. The van der Waals surface area contributed by atoms with Gasteiger partial charge in [-0.15, -0.1) is 0 Å². The SMILES string of the molecule is CCc1nc(C)cn1-c1nc(N)nc(CCN)n1. The molecule has 0 spiro atoms. The van der Waals surface area contributed by atoms with Crippen LogP contribution in [0, 0.1) is 6.92 Å². The van der Waals surface area contributed by atoms with E-state index in [0.717, 1.165) is 17.9 Å². The third kappa shape index (κ3) is 2.45. The zero-order valence-corrected chi connectivity index (χ0v) is 10.6. The van der Waals surface area contributed by atoms with E-state index >= 15 is 0 Å². The maximum Gasteiger partial charge on any atom is 0.240 e. The first-order valence-corrected chi connectivity index (χ1v) is 5.89. The van der Waals surface area contributed by atoms with Gasteiger partial charge in [0.15, 0.2) is 0 Å². The molecule has 2 rings (SSSR count). The van der Waals surface area contributed by atoms with Crippen molar-refractivity contribution in [3.05, 3.63) is 23.5 Å². The van der Waals surface area contributed by atoms with E-state index in [2.05, 4.69) is 19.9 Å². The van der Waals surface area contributed by atoms with Crippen LogP contribution in [0.5, 0.6) is 0 Å². The lowest BCUT2D eigenvalue weighted by molar-refractivity contribution is 0.784. The summed E-state index contributed by atoms with van der Waals surface area (Å²) in [7, 11) is 0. The van der Waals surface area contributed by atoms with Crippen LogP contribution in [0.4, 0.5) is 5.95 Å². The monoisotopic (exact) mass is 247 g/mol. The standard InChI is InChI=1S/C11H17N7/c1-3-9-14-7(2)6-18(9)11-16-8(4-5-12)15-10(13)17-11/h6H,3-5,12H2,1-2H3,(H2,13,15,16,17). The molecule has 0 saturated carbocycles. The number of nitrogens with two attached hydrogens (primary N) is 2. The fourth-order valence-electron chi connectivity index (χ4n) is 1.74. The van der Waals surface area contributed by atoms with Gasteiger partial charge < -0.3 is 11.5 Å². The summed E-state index contributed by atoms with van der Waals surface area (Å²) in [6.07, 6.45) is 3.26. The van der Waals surface area contributed by atoms with Crippen LogP contribution in [0.25, 0.3) is 5.95 Å². The highest BCUT2D eigenvalue weighted by molar-refractivity contribution is 5.26. The minimum absolute atomic E-state index is 0.205. The second-order valence-electron chi connectivity index (χ2n) is 3.97. The first-order valence-electron chi connectivity index (χ1n) is 5.89. The molecule has 2 heterocycles. The highest BCUT2D eigenvalue weighted by Crippen LogP contribution is 2.10. The Labute approximate surface area is 105 Å². The van der Waals surface area contributed by atoms with E-state index in [-0.39, 0.29) is 5.95 Å². The predicted octanol–water partition coefficient (Wildman–Crippen LogP) is 0.0115. The van der Waals surface area contributed by atoms with E-state index in [1.807, 2.05) is 24.6 Å². The number of rotatable bonds is 4. The molecule has 0 radical (unpaired) electrons. The Bertz CT molecular complexity index is 546. The molecule has 18 heavy (non-hydrogen) atoms. The van der Waals surface area contributed by atoms with Gasteiger partial charge in [-0.2, -0.15) is 15.0 Å². The van der Waals surface area contributed by atoms with Crippen LogP contribution < -0.4 is 11.5 Å². The van der Waals surface area contributed by atoms with Gasteiger partial charge in [0.1, 0.15) is 11.6 Å². The van der Waals surface area contributed by atoms with Crippen molar-refractivity contribution in [3.8, 4) is 5.95 Å². The third-order valence-electron chi connectivity index (χ3n) is 2.49. The molecule has 4 N–H and O–H groups in total. The highest BCUT2D eigenvalue weighted by atomic mass is 15.2. The molecule has 0 aromatic carbocycles. The summed E-state index contributed by atoms with van der Waals surface area (Å²) in [5.41, 5.74) is 12.1. The van der Waals surface area contributed by atoms with Gasteiger partial charge in [-0.05, 0) is 13.5 Å². The van der Waals surface area contributed by atoms with Crippen molar-refractivity contribution in [2.75, 3.05) is 12.3 Å². The molecule has 0 aliphatic rings. The van der Waals surface area contributed by atoms with Crippen LogP contribution in [0.3, 0.4) is 0 Å². The van der Waals surface area contributed by atoms with Gasteiger partial charge >= 0.3 is 0 Å². The lowest BCUT2D eigenvalue weighted by Gasteiger charge is -2.06. The highest BCUT2D eigenvalue weighted by Gasteiger charge is 2.10. The van der Waals surface area contributed by atoms with Gasteiger partial charge in [-0.25, -0.2) is 4.98 Å². The summed E-state index contributed by atoms with van der Waals surface area (Å²) >= 11 is 0. The molecule has 96 valence electrons. The second kappa shape index (κ2) is 5.09. The van der Waals surface area contributed by atoms with Gasteiger partial charge in [0, 0.05) is 19.0 Å². The van der Waals surface area contributed by atoms with Gasteiger partial charge in [0.05, 0.1) is 5.69 Å². The second-order valence-corrected chi connectivity index (χ2v) is 3.97. The maximum absolute atomic E-state index is 5.69. The fourth-order valence-corrected chi connectivity index (χ4v) is 1.74. The summed E-state index contributed by atoms with van der Waals surface area (Å²) in [6.45, 7) is 4.44. The van der Waals surface area contributed by atoms with E-state index in [9.17, 15) is 0 Å². The first-order chi connectivity index (χ1) is 8.63.